The smallest absolute Gasteiger partial charge is 0.244 e. The summed E-state index contributed by atoms with van der Waals surface area (Å²) < 4.78 is 1.76. The third-order valence-corrected chi connectivity index (χ3v) is 4.78. The van der Waals surface area contributed by atoms with E-state index in [1.165, 1.54) is 5.56 Å². The van der Waals surface area contributed by atoms with Gasteiger partial charge in [0.15, 0.2) is 0 Å². The molecule has 0 saturated carbocycles. The topological polar surface area (TPSA) is 64.2 Å². The number of fused-ring (bicyclic) bond motifs is 1. The maximum absolute atomic E-state index is 12.7. The molecule has 0 spiro atoms. The van der Waals surface area contributed by atoms with E-state index in [-0.39, 0.29) is 36.8 Å². The average Bonchev–Trinajstić information content (AvgIpc) is 3.20. The van der Waals surface area contributed by atoms with Crippen LogP contribution in [0, 0.1) is 0 Å². The van der Waals surface area contributed by atoms with Gasteiger partial charge in [0.2, 0.25) is 5.91 Å². The summed E-state index contributed by atoms with van der Waals surface area (Å²) in [5.41, 5.74) is 8.47. The minimum absolute atomic E-state index is 0. The van der Waals surface area contributed by atoms with Gasteiger partial charge < -0.3 is 10.6 Å². The number of nitrogens with two attached hydrogens (primary N) is 1. The monoisotopic (exact) mass is 356 g/mol. The summed E-state index contributed by atoms with van der Waals surface area (Å²) >= 11 is 0. The highest BCUT2D eigenvalue weighted by Gasteiger charge is 2.33. The predicted octanol–water partition coefficient (Wildman–Crippen LogP) is 2.41. The molecule has 5 nitrogen and oxygen atoms in total. The molecule has 1 aromatic heterocycles. The van der Waals surface area contributed by atoms with Crippen molar-refractivity contribution in [1.29, 1.82) is 0 Å². The van der Waals surface area contributed by atoms with Crippen molar-refractivity contribution in [3.63, 3.8) is 0 Å². The summed E-state index contributed by atoms with van der Waals surface area (Å²) in [5, 5.41) is 5.39. The Morgan fingerprint density at radius 3 is 2.60 bits per heavy atom. The molecule has 1 aliphatic rings. The van der Waals surface area contributed by atoms with Crippen molar-refractivity contribution in [3.05, 3.63) is 66.4 Å². The maximum atomic E-state index is 12.7. The lowest BCUT2D eigenvalue weighted by Gasteiger charge is -2.17. The van der Waals surface area contributed by atoms with Gasteiger partial charge in [0.05, 0.1) is 11.7 Å². The molecule has 0 radical (unpaired) electrons. The molecule has 1 saturated heterocycles. The van der Waals surface area contributed by atoms with E-state index in [0.29, 0.717) is 13.1 Å². The Labute approximate surface area is 152 Å². The van der Waals surface area contributed by atoms with Crippen LogP contribution in [0.2, 0.25) is 0 Å². The third-order valence-electron chi connectivity index (χ3n) is 4.78. The second-order valence-corrected chi connectivity index (χ2v) is 6.34. The Morgan fingerprint density at radius 1 is 1.08 bits per heavy atom. The molecule has 6 heteroatoms. The zero-order valence-electron chi connectivity index (χ0n) is 13.8. The fourth-order valence-electron chi connectivity index (χ4n) is 3.47. The first-order chi connectivity index (χ1) is 11.7. The Bertz CT molecular complexity index is 864. The molecule has 2 aromatic carbocycles. The first-order valence-electron chi connectivity index (χ1n) is 8.21. The van der Waals surface area contributed by atoms with Crippen molar-refractivity contribution < 1.29 is 4.79 Å². The second kappa shape index (κ2) is 7.25. The van der Waals surface area contributed by atoms with E-state index < -0.39 is 0 Å². The average molecular weight is 357 g/mol. The summed E-state index contributed by atoms with van der Waals surface area (Å²) in [5.74, 6) is 0.266. The van der Waals surface area contributed by atoms with Gasteiger partial charge in [-0.2, -0.15) is 5.10 Å². The Morgan fingerprint density at radius 2 is 1.80 bits per heavy atom. The summed E-state index contributed by atoms with van der Waals surface area (Å²) in [6.07, 6.45) is 1.80. The molecule has 1 amide bonds. The van der Waals surface area contributed by atoms with E-state index in [1.807, 2.05) is 47.4 Å². The van der Waals surface area contributed by atoms with Crippen molar-refractivity contribution in [3.8, 4) is 0 Å². The van der Waals surface area contributed by atoms with E-state index in [1.54, 1.807) is 10.9 Å². The van der Waals surface area contributed by atoms with Gasteiger partial charge in [-0.15, -0.1) is 12.4 Å². The van der Waals surface area contributed by atoms with Gasteiger partial charge in [0.1, 0.15) is 6.54 Å². The molecule has 2 N–H and O–H groups in total. The molecular formula is C19H21ClN4O. The lowest BCUT2D eigenvalue weighted by Crippen LogP contribution is -2.34. The highest BCUT2D eigenvalue weighted by atomic mass is 35.5. The van der Waals surface area contributed by atoms with Gasteiger partial charge in [-0.1, -0.05) is 48.5 Å². The van der Waals surface area contributed by atoms with E-state index in [2.05, 4.69) is 17.2 Å². The number of rotatable bonds is 3. The van der Waals surface area contributed by atoms with E-state index in [4.69, 9.17) is 5.73 Å². The maximum Gasteiger partial charge on any atom is 0.244 e. The Hall–Kier alpha value is -2.37. The fraction of sp³-hybridized carbons (Fsp3) is 0.263. The summed E-state index contributed by atoms with van der Waals surface area (Å²) in [6.45, 7) is 1.52. The zero-order valence-corrected chi connectivity index (χ0v) is 14.6. The number of halogens is 1. The van der Waals surface area contributed by atoms with Crippen LogP contribution < -0.4 is 5.73 Å². The van der Waals surface area contributed by atoms with Crippen molar-refractivity contribution in [2.75, 3.05) is 13.1 Å². The van der Waals surface area contributed by atoms with Gasteiger partial charge in [0, 0.05) is 30.4 Å². The number of hydrogen-bond donors (Lipinski definition) is 1. The summed E-state index contributed by atoms with van der Waals surface area (Å²) in [4.78, 5) is 14.5. The number of carbonyl (C=O) groups is 1. The highest BCUT2D eigenvalue weighted by Crippen LogP contribution is 2.26. The molecule has 130 valence electrons. The zero-order chi connectivity index (χ0) is 16.5. The van der Waals surface area contributed by atoms with Crippen LogP contribution in [0.25, 0.3) is 10.9 Å². The van der Waals surface area contributed by atoms with Crippen LogP contribution in [0.3, 0.4) is 0 Å². The largest absolute Gasteiger partial charge is 0.339 e. The molecule has 1 aliphatic heterocycles. The lowest BCUT2D eigenvalue weighted by atomic mass is 9.95. The first kappa shape index (κ1) is 17.5. The molecule has 2 atom stereocenters. The van der Waals surface area contributed by atoms with Crippen LogP contribution in [-0.4, -0.2) is 39.7 Å². The molecule has 0 unspecified atom stereocenters. The van der Waals surface area contributed by atoms with Crippen molar-refractivity contribution >= 4 is 29.2 Å². The Kier molecular flexibility index (Phi) is 5.06. The SMILES string of the molecule is Cl.N[C@@H]1CN(C(=O)Cn2ncc3ccccc32)C[C@H]1c1ccccc1. The van der Waals surface area contributed by atoms with Crippen LogP contribution in [0.5, 0.6) is 0 Å². The number of nitrogens with zero attached hydrogens (tertiary/aromatic N) is 3. The quantitative estimate of drug-likeness (QED) is 0.783. The van der Waals surface area contributed by atoms with Gasteiger partial charge in [0.25, 0.3) is 0 Å². The van der Waals surface area contributed by atoms with E-state index in [9.17, 15) is 4.79 Å². The number of aromatic nitrogens is 2. The normalized spacial score (nSPS) is 19.8. The first-order valence-corrected chi connectivity index (χ1v) is 8.21. The van der Waals surface area contributed by atoms with E-state index >= 15 is 0 Å². The minimum atomic E-state index is -0.0225. The Balaban J connectivity index is 0.00000182. The standard InChI is InChI=1S/C19H20N4O.ClH/c20-17-12-22(11-16(17)14-6-2-1-3-7-14)19(24)13-23-18-9-5-4-8-15(18)10-21-23;/h1-10,16-17H,11-13,20H2;1H/t16-,17+;/m0./s1. The van der Waals surface area contributed by atoms with Gasteiger partial charge >= 0.3 is 0 Å². The van der Waals surface area contributed by atoms with Crippen molar-refractivity contribution in [2.45, 2.75) is 18.5 Å². The highest BCUT2D eigenvalue weighted by molar-refractivity contribution is 5.85. The van der Waals surface area contributed by atoms with Crippen LogP contribution in [0.1, 0.15) is 11.5 Å². The lowest BCUT2D eigenvalue weighted by molar-refractivity contribution is -0.131. The van der Waals surface area contributed by atoms with Gasteiger partial charge in [-0.05, 0) is 11.6 Å². The number of benzene rings is 2. The molecule has 25 heavy (non-hydrogen) atoms. The van der Waals surface area contributed by atoms with Crippen LogP contribution in [0.15, 0.2) is 60.8 Å². The van der Waals surface area contributed by atoms with Gasteiger partial charge in [-0.3, -0.25) is 9.48 Å². The van der Waals surface area contributed by atoms with Crippen LogP contribution >= 0.6 is 12.4 Å². The van der Waals surface area contributed by atoms with Gasteiger partial charge in [-0.25, -0.2) is 0 Å². The second-order valence-electron chi connectivity index (χ2n) is 6.34. The molecule has 2 heterocycles. The molecular weight excluding hydrogens is 336 g/mol. The van der Waals surface area contributed by atoms with Crippen LogP contribution in [0.4, 0.5) is 0 Å². The molecule has 4 rings (SSSR count). The fourth-order valence-corrected chi connectivity index (χ4v) is 3.47. The molecule has 0 bridgehead atoms. The molecule has 1 fully saturated rings. The van der Waals surface area contributed by atoms with Crippen molar-refractivity contribution in [2.24, 2.45) is 5.73 Å². The van der Waals surface area contributed by atoms with Crippen molar-refractivity contribution in [1.82, 2.24) is 14.7 Å². The minimum Gasteiger partial charge on any atom is -0.339 e. The summed E-state index contributed by atoms with van der Waals surface area (Å²) in [7, 11) is 0. The number of hydrogen-bond acceptors (Lipinski definition) is 3. The molecule has 3 aromatic rings. The third kappa shape index (κ3) is 3.38. The predicted molar refractivity (Wildman–Crippen MR) is 101 cm³/mol. The number of para-hydroxylation sites is 1. The number of amides is 1. The van der Waals surface area contributed by atoms with Crippen LogP contribution in [-0.2, 0) is 11.3 Å². The number of carbonyl (C=O) groups excluding carboxylic acids is 1. The molecule has 0 aliphatic carbocycles. The number of likely N-dealkylation sites (tertiary alicyclic amines) is 1. The van der Waals surface area contributed by atoms with E-state index in [0.717, 1.165) is 10.9 Å². The summed E-state index contributed by atoms with van der Waals surface area (Å²) in [6, 6.07) is 18.1.